The monoisotopic (exact) mass is 797 g/mol. The number of rotatable bonds is 2. The number of benzene rings is 9. The fourth-order valence-corrected chi connectivity index (χ4v) is 13.4. The summed E-state index contributed by atoms with van der Waals surface area (Å²) < 4.78 is 0. The minimum atomic E-state index is -0.101. The molecule has 2 aliphatic carbocycles. The standard InChI is InChI=1S/C60H41B2N/c1-59(2)46-23-13-11-20-38(46)41-30-43-40-22-15-25-54-56(40)61(50(43)32-48(41)59)52-27-37(35-18-9-6-10-19-35)28-53-58(52)63(54)55-29-36(34-16-7-5-8-17-34)26-45-44-31-42-39-21-12-14-24-47(39)60(3,4)49(42)33-51(44)62(53)57(45)55/h5-33H,1-4H3. The zero-order valence-corrected chi connectivity index (χ0v) is 35.8. The van der Waals surface area contributed by atoms with Crippen molar-refractivity contribution in [1.82, 2.24) is 0 Å². The van der Waals surface area contributed by atoms with E-state index >= 15 is 0 Å². The van der Waals surface area contributed by atoms with E-state index in [-0.39, 0.29) is 24.3 Å². The van der Waals surface area contributed by atoms with Crippen molar-refractivity contribution in [2.24, 2.45) is 0 Å². The number of anilines is 3. The van der Waals surface area contributed by atoms with Crippen molar-refractivity contribution in [1.29, 1.82) is 0 Å². The van der Waals surface area contributed by atoms with E-state index in [1.165, 1.54) is 139 Å². The molecule has 292 valence electrons. The van der Waals surface area contributed by atoms with Gasteiger partial charge in [0.1, 0.15) is 0 Å². The second-order valence-electron chi connectivity index (χ2n) is 19.9. The van der Waals surface area contributed by atoms with Crippen LogP contribution in [0.3, 0.4) is 0 Å². The molecule has 0 amide bonds. The van der Waals surface area contributed by atoms with E-state index in [2.05, 4.69) is 209 Å². The van der Waals surface area contributed by atoms with Crippen LogP contribution in [0.15, 0.2) is 176 Å². The number of hydrogen-bond acceptors (Lipinski definition) is 1. The van der Waals surface area contributed by atoms with Crippen LogP contribution in [-0.4, -0.2) is 13.4 Å². The molecule has 4 heterocycles. The highest BCUT2D eigenvalue weighted by molar-refractivity contribution is 7.05. The van der Waals surface area contributed by atoms with Gasteiger partial charge in [0.25, 0.3) is 0 Å². The van der Waals surface area contributed by atoms with E-state index in [0.717, 1.165) is 0 Å². The Morgan fingerprint density at radius 1 is 0.317 bits per heavy atom. The third-order valence-electron chi connectivity index (χ3n) is 16.2. The van der Waals surface area contributed by atoms with Gasteiger partial charge in [-0.25, -0.2) is 0 Å². The molecule has 0 saturated heterocycles. The SMILES string of the molecule is CC1(C)c2ccccc2-c2cc3c(cc21)B1c2cc(-c4ccccc4)cc4c2N(c2cccc-3c21)c1cc(-c2ccccc2)cc2c1B4c1cc3c(cc1-2)-c1ccccc1C3(C)C. The summed E-state index contributed by atoms with van der Waals surface area (Å²) >= 11 is 0. The largest absolute Gasteiger partial charge is 0.312 e. The zero-order chi connectivity index (χ0) is 41.7. The van der Waals surface area contributed by atoms with Gasteiger partial charge in [0.2, 0.25) is 13.4 Å². The lowest BCUT2D eigenvalue weighted by Gasteiger charge is -2.43. The van der Waals surface area contributed by atoms with Crippen molar-refractivity contribution in [2.75, 3.05) is 4.90 Å². The van der Waals surface area contributed by atoms with E-state index in [1.807, 2.05) is 0 Å². The highest BCUT2D eigenvalue weighted by Crippen LogP contribution is 2.53. The Hall–Kier alpha value is -7.09. The zero-order valence-electron chi connectivity index (χ0n) is 35.8. The predicted molar refractivity (Wildman–Crippen MR) is 267 cm³/mol. The first-order chi connectivity index (χ1) is 30.8. The van der Waals surface area contributed by atoms with Crippen LogP contribution in [0.2, 0.25) is 0 Å². The van der Waals surface area contributed by atoms with Crippen molar-refractivity contribution in [3.8, 4) is 66.8 Å². The highest BCUT2D eigenvalue weighted by atomic mass is 15.2. The average Bonchev–Trinajstić information content (AvgIpc) is 3.97. The molecule has 9 aromatic rings. The van der Waals surface area contributed by atoms with Gasteiger partial charge in [-0.05, 0) is 141 Å². The molecule has 1 nitrogen and oxygen atoms in total. The predicted octanol–water partition coefficient (Wildman–Crippen LogP) is 10.7. The topological polar surface area (TPSA) is 3.24 Å². The van der Waals surface area contributed by atoms with Gasteiger partial charge in [-0.2, -0.15) is 0 Å². The lowest BCUT2D eigenvalue weighted by molar-refractivity contribution is 0.661. The van der Waals surface area contributed by atoms with E-state index in [4.69, 9.17) is 0 Å². The van der Waals surface area contributed by atoms with E-state index in [9.17, 15) is 0 Å². The summed E-state index contributed by atoms with van der Waals surface area (Å²) in [6, 6.07) is 68.1. The lowest BCUT2D eigenvalue weighted by atomic mass is 9.32. The molecule has 0 radical (unpaired) electrons. The van der Waals surface area contributed by atoms with Crippen LogP contribution in [0.4, 0.5) is 17.1 Å². The molecule has 4 aliphatic heterocycles. The molecule has 0 saturated carbocycles. The number of hydrogen-bond donors (Lipinski definition) is 0. The summed E-state index contributed by atoms with van der Waals surface area (Å²) in [4.78, 5) is 2.70. The minimum Gasteiger partial charge on any atom is -0.312 e. The summed E-state index contributed by atoms with van der Waals surface area (Å²) in [5, 5.41) is 0. The van der Waals surface area contributed by atoms with Crippen LogP contribution in [0.1, 0.15) is 49.9 Å². The number of nitrogens with zero attached hydrogens (tertiary/aromatic N) is 1. The van der Waals surface area contributed by atoms with Crippen LogP contribution in [-0.2, 0) is 10.8 Å². The molecular formula is C60H41B2N. The molecule has 0 bridgehead atoms. The maximum Gasteiger partial charge on any atom is 0.248 e. The maximum absolute atomic E-state index is 2.70. The third kappa shape index (κ3) is 4.13. The smallest absolute Gasteiger partial charge is 0.248 e. The van der Waals surface area contributed by atoms with Gasteiger partial charge in [0.15, 0.2) is 0 Å². The Balaban J connectivity index is 1.07. The van der Waals surface area contributed by atoms with Crippen molar-refractivity contribution in [3.05, 3.63) is 198 Å². The van der Waals surface area contributed by atoms with Gasteiger partial charge < -0.3 is 4.90 Å². The second-order valence-corrected chi connectivity index (χ2v) is 19.9. The summed E-state index contributed by atoms with van der Waals surface area (Å²) in [5.74, 6) is 0. The maximum atomic E-state index is 2.70. The van der Waals surface area contributed by atoms with E-state index < -0.39 is 0 Å². The fraction of sp³-hybridized carbons (Fsp3) is 0.100. The molecule has 0 N–H and O–H groups in total. The van der Waals surface area contributed by atoms with Crippen LogP contribution in [0, 0.1) is 0 Å². The van der Waals surface area contributed by atoms with Crippen LogP contribution in [0.5, 0.6) is 0 Å². The molecule has 15 rings (SSSR count). The lowest BCUT2D eigenvalue weighted by Crippen LogP contribution is -2.63. The van der Waals surface area contributed by atoms with Gasteiger partial charge in [0.05, 0.1) is 0 Å². The molecule has 0 spiro atoms. The minimum absolute atomic E-state index is 0.0883. The molecule has 6 aliphatic rings. The average molecular weight is 798 g/mol. The Bertz CT molecular complexity index is 3560. The molecule has 0 aromatic heterocycles. The molecule has 63 heavy (non-hydrogen) atoms. The van der Waals surface area contributed by atoms with Gasteiger partial charge in [-0.3, -0.25) is 0 Å². The highest BCUT2D eigenvalue weighted by Gasteiger charge is 2.52. The first-order valence-corrected chi connectivity index (χ1v) is 22.7. The van der Waals surface area contributed by atoms with Crippen molar-refractivity contribution < 1.29 is 0 Å². The Labute approximate surface area is 369 Å². The quantitative estimate of drug-likeness (QED) is 0.158. The van der Waals surface area contributed by atoms with Crippen molar-refractivity contribution in [2.45, 2.75) is 38.5 Å². The van der Waals surface area contributed by atoms with Crippen molar-refractivity contribution in [3.63, 3.8) is 0 Å². The summed E-state index contributed by atoms with van der Waals surface area (Å²) in [6.45, 7) is 9.89. The molecule has 0 fully saturated rings. The van der Waals surface area contributed by atoms with Gasteiger partial charge in [-0.15, -0.1) is 0 Å². The third-order valence-corrected chi connectivity index (χ3v) is 16.2. The van der Waals surface area contributed by atoms with Gasteiger partial charge in [-0.1, -0.05) is 184 Å². The first kappa shape index (κ1) is 34.5. The van der Waals surface area contributed by atoms with E-state index in [0.29, 0.717) is 0 Å². The van der Waals surface area contributed by atoms with Crippen LogP contribution in [0.25, 0.3) is 66.8 Å². The van der Waals surface area contributed by atoms with Crippen molar-refractivity contribution >= 4 is 63.3 Å². The van der Waals surface area contributed by atoms with Crippen LogP contribution >= 0.6 is 0 Å². The van der Waals surface area contributed by atoms with Gasteiger partial charge in [0, 0.05) is 27.9 Å². The fourth-order valence-electron chi connectivity index (χ4n) is 13.4. The summed E-state index contributed by atoms with van der Waals surface area (Å²) in [7, 11) is 0. The summed E-state index contributed by atoms with van der Waals surface area (Å²) in [5.41, 5.74) is 34.2. The Morgan fingerprint density at radius 2 is 0.794 bits per heavy atom. The molecule has 0 atom stereocenters. The summed E-state index contributed by atoms with van der Waals surface area (Å²) in [6.07, 6.45) is 0. The van der Waals surface area contributed by atoms with E-state index in [1.54, 1.807) is 0 Å². The first-order valence-electron chi connectivity index (χ1n) is 22.7. The number of fused-ring (bicyclic) bond motifs is 16. The normalized spacial score (nSPS) is 15.8. The Kier molecular flexibility index (Phi) is 6.28. The molecule has 0 unspecified atom stereocenters. The van der Waals surface area contributed by atoms with Gasteiger partial charge >= 0.3 is 0 Å². The Morgan fingerprint density at radius 3 is 1.37 bits per heavy atom. The molecule has 9 aromatic carbocycles. The molecular weight excluding hydrogens is 756 g/mol. The second kappa shape index (κ2) is 11.5. The van der Waals surface area contributed by atoms with Crippen LogP contribution < -0.4 is 37.7 Å². The molecule has 3 heteroatoms.